The number of hydrogen-bond donors (Lipinski definition) is 0. The zero-order valence-electron chi connectivity index (χ0n) is 17.3. The predicted octanol–water partition coefficient (Wildman–Crippen LogP) is 5.35. The van der Waals surface area contributed by atoms with Gasteiger partial charge in [0.05, 0.1) is 11.6 Å². The maximum atomic E-state index is 13.1. The minimum atomic E-state index is -0.0655. The van der Waals surface area contributed by atoms with Gasteiger partial charge in [-0.3, -0.25) is 4.79 Å². The molecule has 154 valence electrons. The number of nitrogens with zero attached hydrogens (tertiary/aromatic N) is 4. The van der Waals surface area contributed by atoms with E-state index in [1.807, 2.05) is 0 Å². The minimum Gasteiger partial charge on any atom is -0.341 e. The van der Waals surface area contributed by atoms with Crippen LogP contribution in [-0.4, -0.2) is 20.4 Å². The van der Waals surface area contributed by atoms with E-state index in [4.69, 9.17) is 0 Å². The molecule has 0 N–H and O–H groups in total. The van der Waals surface area contributed by atoms with Crippen LogP contribution in [0.15, 0.2) is 58.7 Å². The monoisotopic (exact) mass is 426 g/mol. The number of aryl methyl sites for hydroxylation is 3. The summed E-state index contributed by atoms with van der Waals surface area (Å²) in [6.45, 7) is 3.09. The third-order valence-corrected chi connectivity index (χ3v) is 7.50. The first-order chi connectivity index (χ1) is 15.2. The molecule has 0 aliphatic heterocycles. The quantitative estimate of drug-likeness (QED) is 0.365. The van der Waals surface area contributed by atoms with Gasteiger partial charge in [0.2, 0.25) is 0 Å². The van der Waals surface area contributed by atoms with Crippen molar-refractivity contribution in [2.75, 3.05) is 0 Å². The van der Waals surface area contributed by atoms with Crippen LogP contribution in [-0.2, 0) is 19.4 Å². The number of para-hydroxylation sites is 1. The van der Waals surface area contributed by atoms with Crippen LogP contribution >= 0.6 is 11.3 Å². The number of thiophene rings is 1. The van der Waals surface area contributed by atoms with Crippen LogP contribution in [0.4, 0.5) is 0 Å². The summed E-state index contributed by atoms with van der Waals surface area (Å²) in [4.78, 5) is 19.8. The van der Waals surface area contributed by atoms with Crippen molar-refractivity contribution in [3.8, 4) is 0 Å². The second kappa shape index (κ2) is 7.17. The van der Waals surface area contributed by atoms with Crippen molar-refractivity contribution in [2.45, 2.75) is 39.2 Å². The molecule has 0 spiro atoms. The molecule has 1 aliphatic rings. The highest BCUT2D eigenvalue weighted by Gasteiger charge is 2.19. The minimum absolute atomic E-state index is 0.0655. The van der Waals surface area contributed by atoms with Gasteiger partial charge in [-0.2, -0.15) is 9.78 Å². The van der Waals surface area contributed by atoms with E-state index in [0.29, 0.717) is 0 Å². The molecule has 5 aromatic rings. The van der Waals surface area contributed by atoms with Crippen molar-refractivity contribution < 1.29 is 0 Å². The van der Waals surface area contributed by atoms with Crippen LogP contribution in [0.1, 0.15) is 35.8 Å². The Hall–Kier alpha value is -3.25. The number of aromatic nitrogens is 3. The summed E-state index contributed by atoms with van der Waals surface area (Å²) in [5, 5.41) is 7.69. The molecule has 6 heteroatoms. The van der Waals surface area contributed by atoms with Crippen molar-refractivity contribution >= 4 is 49.6 Å². The lowest BCUT2D eigenvalue weighted by molar-refractivity contribution is 0.699. The Morgan fingerprint density at radius 1 is 1.10 bits per heavy atom. The van der Waals surface area contributed by atoms with Crippen LogP contribution < -0.4 is 5.56 Å². The fourth-order valence-corrected chi connectivity index (χ4v) is 6.06. The van der Waals surface area contributed by atoms with Gasteiger partial charge in [-0.15, -0.1) is 11.3 Å². The van der Waals surface area contributed by atoms with Crippen LogP contribution in [0, 0.1) is 0 Å². The fourth-order valence-electron chi connectivity index (χ4n) is 4.84. The van der Waals surface area contributed by atoms with E-state index >= 15 is 0 Å². The molecular weight excluding hydrogens is 404 g/mol. The normalized spacial score (nSPS) is 14.2. The molecule has 0 fully saturated rings. The molecule has 31 heavy (non-hydrogen) atoms. The van der Waals surface area contributed by atoms with Crippen LogP contribution in [0.5, 0.6) is 0 Å². The SMILES string of the molecule is CCn1c2ccccc2c2cc(/C=N\n3cnc4sc5c(c4c3=O)CCCC5)ccc21. The first-order valence-corrected chi connectivity index (χ1v) is 11.6. The molecule has 0 radical (unpaired) electrons. The van der Waals surface area contributed by atoms with Gasteiger partial charge in [-0.05, 0) is 61.9 Å². The number of fused-ring (bicyclic) bond motifs is 6. The molecule has 5 nitrogen and oxygen atoms in total. The topological polar surface area (TPSA) is 52.2 Å². The number of hydrogen-bond acceptors (Lipinski definition) is 4. The van der Waals surface area contributed by atoms with Crippen LogP contribution in [0.3, 0.4) is 0 Å². The molecule has 0 unspecified atom stereocenters. The van der Waals surface area contributed by atoms with E-state index in [0.717, 1.165) is 41.6 Å². The number of rotatable bonds is 3. The van der Waals surface area contributed by atoms with Gasteiger partial charge < -0.3 is 4.57 Å². The second-order valence-corrected chi connectivity index (χ2v) is 9.15. The Morgan fingerprint density at radius 3 is 2.84 bits per heavy atom. The Bertz CT molecular complexity index is 1550. The average molecular weight is 427 g/mol. The van der Waals surface area contributed by atoms with E-state index in [2.05, 4.69) is 64.0 Å². The molecule has 0 bridgehead atoms. The first kappa shape index (κ1) is 18.5. The average Bonchev–Trinajstić information content (AvgIpc) is 3.34. The third kappa shape index (κ3) is 2.86. The van der Waals surface area contributed by atoms with Gasteiger partial charge in [-0.1, -0.05) is 24.3 Å². The van der Waals surface area contributed by atoms with Crippen molar-refractivity contribution in [2.24, 2.45) is 5.10 Å². The van der Waals surface area contributed by atoms with Gasteiger partial charge in [0.1, 0.15) is 11.2 Å². The molecule has 3 heterocycles. The van der Waals surface area contributed by atoms with E-state index in [1.165, 1.54) is 43.3 Å². The van der Waals surface area contributed by atoms with Gasteiger partial charge in [0, 0.05) is 33.2 Å². The van der Waals surface area contributed by atoms with Crippen LogP contribution in [0.2, 0.25) is 0 Å². The van der Waals surface area contributed by atoms with E-state index in [9.17, 15) is 4.79 Å². The predicted molar refractivity (Wildman–Crippen MR) is 129 cm³/mol. The third-order valence-electron chi connectivity index (χ3n) is 6.30. The number of benzene rings is 2. The van der Waals surface area contributed by atoms with Crippen molar-refractivity contribution in [3.05, 3.63) is 75.1 Å². The van der Waals surface area contributed by atoms with Gasteiger partial charge in [-0.25, -0.2) is 4.98 Å². The summed E-state index contributed by atoms with van der Waals surface area (Å²) in [5.74, 6) is 0. The summed E-state index contributed by atoms with van der Waals surface area (Å²) in [6.07, 6.45) is 7.67. The second-order valence-electron chi connectivity index (χ2n) is 8.07. The first-order valence-electron chi connectivity index (χ1n) is 10.8. The summed E-state index contributed by atoms with van der Waals surface area (Å²) in [5.41, 5.74) is 4.55. The lowest BCUT2D eigenvalue weighted by atomic mass is 9.97. The Labute approximate surface area is 183 Å². The van der Waals surface area contributed by atoms with E-state index < -0.39 is 0 Å². The highest BCUT2D eigenvalue weighted by Crippen LogP contribution is 2.33. The van der Waals surface area contributed by atoms with E-state index in [1.54, 1.807) is 23.9 Å². The zero-order chi connectivity index (χ0) is 20.9. The summed E-state index contributed by atoms with van der Waals surface area (Å²) < 4.78 is 3.71. The summed E-state index contributed by atoms with van der Waals surface area (Å²) >= 11 is 1.67. The van der Waals surface area contributed by atoms with Crippen molar-refractivity contribution in [3.63, 3.8) is 0 Å². The Morgan fingerprint density at radius 2 is 1.94 bits per heavy atom. The smallest absolute Gasteiger partial charge is 0.282 e. The maximum Gasteiger partial charge on any atom is 0.282 e. The highest BCUT2D eigenvalue weighted by atomic mass is 32.1. The van der Waals surface area contributed by atoms with Crippen molar-refractivity contribution in [1.29, 1.82) is 0 Å². The Balaban J connectivity index is 1.44. The lowest BCUT2D eigenvalue weighted by Crippen LogP contribution is -2.18. The molecular formula is C25H22N4OS. The lowest BCUT2D eigenvalue weighted by Gasteiger charge is -2.09. The maximum absolute atomic E-state index is 13.1. The zero-order valence-corrected chi connectivity index (χ0v) is 18.2. The largest absolute Gasteiger partial charge is 0.341 e. The molecule has 3 aromatic heterocycles. The molecule has 0 amide bonds. The van der Waals surface area contributed by atoms with Crippen molar-refractivity contribution in [1.82, 2.24) is 14.2 Å². The molecule has 6 rings (SSSR count). The molecule has 0 saturated heterocycles. The molecule has 1 aliphatic carbocycles. The Kier molecular flexibility index (Phi) is 4.28. The fraction of sp³-hybridized carbons (Fsp3) is 0.240. The summed E-state index contributed by atoms with van der Waals surface area (Å²) in [7, 11) is 0. The molecule has 0 atom stereocenters. The van der Waals surface area contributed by atoms with Gasteiger partial charge >= 0.3 is 0 Å². The van der Waals surface area contributed by atoms with E-state index in [-0.39, 0.29) is 5.56 Å². The van der Waals surface area contributed by atoms with Gasteiger partial charge in [0.25, 0.3) is 5.56 Å². The molecule has 2 aromatic carbocycles. The molecule has 0 saturated carbocycles. The standard InChI is InChI=1S/C25H22N4OS/c1-2-28-20-9-5-3-7-17(20)19-13-16(11-12-21(19)28)14-27-29-15-26-24-23(25(29)30)18-8-4-6-10-22(18)31-24/h3,5,7,9,11-15H,2,4,6,8,10H2,1H3/b27-14-. The highest BCUT2D eigenvalue weighted by molar-refractivity contribution is 7.18. The van der Waals surface area contributed by atoms with Crippen LogP contribution in [0.25, 0.3) is 32.0 Å². The van der Waals surface area contributed by atoms with Gasteiger partial charge in [0.15, 0.2) is 0 Å². The summed E-state index contributed by atoms with van der Waals surface area (Å²) in [6, 6.07) is 14.8.